The first-order valence-corrected chi connectivity index (χ1v) is 15.9. The van der Waals surface area contributed by atoms with E-state index in [-0.39, 0.29) is 23.9 Å². The molecule has 15 heteroatoms. The molecule has 1 atom stereocenters. The van der Waals surface area contributed by atoms with E-state index in [4.69, 9.17) is 24.8 Å². The van der Waals surface area contributed by atoms with Crippen LogP contribution in [0.25, 0.3) is 0 Å². The fraction of sp³-hybridized carbons (Fsp3) is 0.471. The predicted molar refractivity (Wildman–Crippen MR) is 184 cm³/mol. The van der Waals surface area contributed by atoms with Crippen LogP contribution in [0.15, 0.2) is 47.5 Å². The Morgan fingerprint density at radius 2 is 1.69 bits per heavy atom. The molecule has 4 rings (SSSR count). The molecule has 49 heavy (non-hydrogen) atoms. The van der Waals surface area contributed by atoms with Crippen LogP contribution >= 0.6 is 0 Å². The summed E-state index contributed by atoms with van der Waals surface area (Å²) < 4.78 is 13.6. The number of nitrogens with one attached hydrogen (secondary N) is 2. The lowest BCUT2D eigenvalue weighted by atomic mass is 9.97. The first kappa shape index (κ1) is 39.9. The lowest BCUT2D eigenvalue weighted by molar-refractivity contribution is -0.135. The number of guanidine groups is 1. The van der Waals surface area contributed by atoms with Gasteiger partial charge in [0, 0.05) is 65.2 Å². The summed E-state index contributed by atoms with van der Waals surface area (Å²) in [6, 6.07) is 11.3. The zero-order chi connectivity index (χ0) is 36.7. The van der Waals surface area contributed by atoms with Gasteiger partial charge in [0.2, 0.25) is 11.9 Å². The van der Waals surface area contributed by atoms with Crippen LogP contribution in [0, 0.1) is 23.2 Å². The number of hydrogen-bond acceptors (Lipinski definition) is 7. The normalized spacial score (nSPS) is 15.6. The molecule has 0 aliphatic carbocycles. The van der Waals surface area contributed by atoms with Crippen molar-refractivity contribution in [3.63, 3.8) is 0 Å². The molecule has 4 N–H and O–H groups in total. The van der Waals surface area contributed by atoms with E-state index in [1.165, 1.54) is 12.1 Å². The highest BCUT2D eigenvalue weighted by Gasteiger charge is 2.34. The van der Waals surface area contributed by atoms with E-state index in [9.17, 15) is 19.2 Å². The third-order valence-electron chi connectivity index (χ3n) is 7.58. The van der Waals surface area contributed by atoms with E-state index in [0.29, 0.717) is 63.8 Å². The minimum absolute atomic E-state index is 0.106. The highest BCUT2D eigenvalue weighted by Crippen LogP contribution is 2.30. The molecule has 266 valence electrons. The van der Waals surface area contributed by atoms with Crippen molar-refractivity contribution in [3.8, 4) is 6.19 Å². The molecule has 3 amide bonds. The quantitative estimate of drug-likeness (QED) is 0.152. The fourth-order valence-electron chi connectivity index (χ4n) is 5.31. The van der Waals surface area contributed by atoms with Crippen LogP contribution in [-0.4, -0.2) is 113 Å². The second-order valence-electron chi connectivity index (χ2n) is 12.1. The zero-order valence-electron chi connectivity index (χ0n) is 28.9. The lowest BCUT2D eigenvalue weighted by Crippen LogP contribution is -2.60. The van der Waals surface area contributed by atoms with Gasteiger partial charge in [-0.05, 0) is 61.8 Å². The third-order valence-corrected chi connectivity index (χ3v) is 7.58. The number of piperazine rings is 1. The second kappa shape index (κ2) is 19.6. The molecule has 0 spiro atoms. The Kier molecular flexibility index (Phi) is 15.9. The number of nitrogens with zero attached hydrogens (tertiary/aromatic N) is 6. The summed E-state index contributed by atoms with van der Waals surface area (Å²) in [6.07, 6.45) is 3.20. The van der Waals surface area contributed by atoms with Crippen LogP contribution in [0.4, 0.5) is 20.6 Å². The maximum absolute atomic E-state index is 13.6. The Balaban J connectivity index is 0.000000939. The van der Waals surface area contributed by atoms with E-state index in [1.54, 1.807) is 17.0 Å². The first-order valence-electron chi connectivity index (χ1n) is 15.9. The number of carboxylic acids is 2. The molecule has 2 aromatic rings. The zero-order valence-corrected chi connectivity index (χ0v) is 28.9. The van der Waals surface area contributed by atoms with Gasteiger partial charge in [-0.3, -0.25) is 19.7 Å². The smallest absolute Gasteiger partial charge is 0.321 e. The number of carboxylic acid groups (broad SMARTS) is 2. The molecule has 0 bridgehead atoms. The van der Waals surface area contributed by atoms with Crippen LogP contribution in [0.5, 0.6) is 0 Å². The largest absolute Gasteiger partial charge is 0.481 e. The van der Waals surface area contributed by atoms with E-state index in [0.717, 1.165) is 30.7 Å². The monoisotopic (exact) mass is 682 g/mol. The van der Waals surface area contributed by atoms with Crippen molar-refractivity contribution in [1.29, 1.82) is 5.26 Å². The molecule has 0 radical (unpaired) electrons. The molecule has 2 heterocycles. The van der Waals surface area contributed by atoms with Crippen molar-refractivity contribution in [2.24, 2.45) is 10.9 Å². The Bertz CT molecular complexity index is 1510. The molecule has 2 aliphatic heterocycles. The summed E-state index contributed by atoms with van der Waals surface area (Å²) in [5.74, 6) is -1.35. The molecule has 1 saturated heterocycles. The minimum Gasteiger partial charge on any atom is -0.481 e. The summed E-state index contributed by atoms with van der Waals surface area (Å²) in [5.41, 5.74) is 3.31. The van der Waals surface area contributed by atoms with Crippen molar-refractivity contribution in [3.05, 3.63) is 59.4 Å². The van der Waals surface area contributed by atoms with Gasteiger partial charge < -0.3 is 35.1 Å². The molecule has 1 fully saturated rings. The maximum Gasteiger partial charge on any atom is 0.321 e. The summed E-state index contributed by atoms with van der Waals surface area (Å²) in [5, 5.41) is 30.0. The summed E-state index contributed by atoms with van der Waals surface area (Å²) >= 11 is 0. The molecule has 0 saturated carbocycles. The SMILES string of the molecule is CC(=O)O.CC(=O)O.CC(C)C1CN(C(=O)Nc2cccc(F)c2)CCN1C(=Nc1cccc2c1CCN(C(=O)CCN(C)C)C2)NC#N. The number of urea groups is 1. The van der Waals surface area contributed by atoms with Gasteiger partial charge in [-0.2, -0.15) is 5.26 Å². The summed E-state index contributed by atoms with van der Waals surface area (Å²) in [7, 11) is 3.92. The molecular formula is C34H47FN8O6. The van der Waals surface area contributed by atoms with Gasteiger partial charge in [0.05, 0.1) is 11.7 Å². The van der Waals surface area contributed by atoms with Crippen molar-refractivity contribution < 1.29 is 33.8 Å². The average molecular weight is 683 g/mol. The van der Waals surface area contributed by atoms with Crippen LogP contribution in [0.1, 0.15) is 45.2 Å². The molecule has 14 nitrogen and oxygen atoms in total. The van der Waals surface area contributed by atoms with Crippen molar-refractivity contribution >= 4 is 41.2 Å². The lowest BCUT2D eigenvalue weighted by Gasteiger charge is -2.44. The number of anilines is 1. The Morgan fingerprint density at radius 1 is 1.04 bits per heavy atom. The number of hydrogen-bond donors (Lipinski definition) is 4. The van der Waals surface area contributed by atoms with Crippen molar-refractivity contribution in [2.75, 3.05) is 52.1 Å². The molecule has 2 aliphatic rings. The topological polar surface area (TPSA) is 182 Å². The number of aliphatic carboxylic acids is 2. The number of aliphatic imine (C=N–C) groups is 1. The third kappa shape index (κ3) is 13.4. The van der Waals surface area contributed by atoms with Gasteiger partial charge >= 0.3 is 6.03 Å². The van der Waals surface area contributed by atoms with E-state index >= 15 is 0 Å². The summed E-state index contributed by atoms with van der Waals surface area (Å²) in [6.45, 7) is 9.49. The Labute approximate surface area is 286 Å². The van der Waals surface area contributed by atoms with Crippen LogP contribution in [0.2, 0.25) is 0 Å². The molecule has 2 aromatic carbocycles. The van der Waals surface area contributed by atoms with Gasteiger partial charge in [-0.15, -0.1) is 0 Å². The number of carbonyl (C=O) groups is 4. The van der Waals surface area contributed by atoms with Gasteiger partial charge in [0.25, 0.3) is 11.9 Å². The average Bonchev–Trinajstić information content (AvgIpc) is 3.02. The molecule has 0 aromatic heterocycles. The Hall–Kier alpha value is -5.23. The van der Waals surface area contributed by atoms with Crippen molar-refractivity contribution in [2.45, 2.75) is 53.1 Å². The van der Waals surface area contributed by atoms with Gasteiger partial charge in [0.1, 0.15) is 5.82 Å². The molecule has 1 unspecified atom stereocenters. The van der Waals surface area contributed by atoms with Crippen LogP contribution in [0.3, 0.4) is 0 Å². The predicted octanol–water partition coefficient (Wildman–Crippen LogP) is 3.78. The number of amides is 3. The highest BCUT2D eigenvalue weighted by atomic mass is 19.1. The van der Waals surface area contributed by atoms with Crippen molar-refractivity contribution in [1.82, 2.24) is 24.9 Å². The van der Waals surface area contributed by atoms with E-state index in [1.807, 2.05) is 48.3 Å². The first-order chi connectivity index (χ1) is 23.1. The Morgan fingerprint density at radius 3 is 2.29 bits per heavy atom. The number of carbonyl (C=O) groups excluding carboxylic acids is 2. The minimum atomic E-state index is -0.833. The van der Waals surface area contributed by atoms with Crippen LogP contribution < -0.4 is 10.6 Å². The van der Waals surface area contributed by atoms with E-state index < -0.39 is 17.8 Å². The van der Waals surface area contributed by atoms with Gasteiger partial charge in [-0.1, -0.05) is 32.0 Å². The maximum atomic E-state index is 13.6. The molecular weight excluding hydrogens is 635 g/mol. The number of nitriles is 1. The highest BCUT2D eigenvalue weighted by molar-refractivity contribution is 5.90. The standard InChI is InChI=1S/C30H39FN8O2.2C2H4O2/c1-21(2)27-19-38(30(41)34-24-9-6-8-23(31)17-24)15-16-39(27)29(33-20-32)35-26-10-5-7-22-18-37(14-11-25(22)26)28(40)12-13-36(3)4;2*1-2(3)4/h5-10,17,21,27H,11-16,18-19H2,1-4H3,(H,33,35)(H,34,41);2*1H3,(H,3,4). The van der Waals surface area contributed by atoms with E-state index in [2.05, 4.69) is 29.4 Å². The number of halogens is 1. The fourth-order valence-corrected chi connectivity index (χ4v) is 5.31. The number of rotatable bonds is 6. The summed E-state index contributed by atoms with van der Waals surface area (Å²) in [4.78, 5) is 56.3. The van der Waals surface area contributed by atoms with Gasteiger partial charge in [-0.25, -0.2) is 14.2 Å². The number of benzene rings is 2. The number of fused-ring (bicyclic) bond motifs is 1. The van der Waals surface area contributed by atoms with Gasteiger partial charge in [0.15, 0.2) is 6.19 Å². The van der Waals surface area contributed by atoms with Crippen LogP contribution in [-0.2, 0) is 27.3 Å². The second-order valence-corrected chi connectivity index (χ2v) is 12.1.